The van der Waals surface area contributed by atoms with Crippen molar-refractivity contribution >= 4 is 22.9 Å². The van der Waals surface area contributed by atoms with Crippen molar-refractivity contribution in [1.82, 2.24) is 5.32 Å². The van der Waals surface area contributed by atoms with Crippen LogP contribution in [0, 0.1) is 11.8 Å². The van der Waals surface area contributed by atoms with Crippen molar-refractivity contribution in [3.8, 4) is 0 Å². The van der Waals surface area contributed by atoms with Gasteiger partial charge in [-0.1, -0.05) is 6.42 Å². The van der Waals surface area contributed by atoms with E-state index in [1.807, 2.05) is 0 Å². The molecular weight excluding hydrogens is 407 g/mol. The molecule has 2 fully saturated rings. The zero-order valence-corrected chi connectivity index (χ0v) is 17.5. The summed E-state index contributed by atoms with van der Waals surface area (Å²) in [4.78, 5) is 12.3. The smallest absolute Gasteiger partial charge is 0.427 e. The summed E-state index contributed by atoms with van der Waals surface area (Å²) in [6, 6.07) is -1.11. The molecular formula is C18H32BF2NO6S. The van der Waals surface area contributed by atoms with Crippen LogP contribution in [-0.4, -0.2) is 73.1 Å². The van der Waals surface area contributed by atoms with Crippen molar-refractivity contribution in [1.29, 1.82) is 0 Å². The van der Waals surface area contributed by atoms with E-state index in [1.54, 1.807) is 0 Å². The van der Waals surface area contributed by atoms with Gasteiger partial charge in [0, 0.05) is 12.7 Å². The lowest BCUT2D eigenvalue weighted by atomic mass is 9.62. The van der Waals surface area contributed by atoms with Crippen molar-refractivity contribution in [2.75, 3.05) is 12.9 Å². The van der Waals surface area contributed by atoms with Crippen molar-refractivity contribution in [3.63, 3.8) is 0 Å². The number of halogens is 2. The van der Waals surface area contributed by atoms with Crippen molar-refractivity contribution in [3.05, 3.63) is 0 Å². The van der Waals surface area contributed by atoms with E-state index in [0.29, 0.717) is 38.5 Å². The van der Waals surface area contributed by atoms with Gasteiger partial charge < -0.3 is 20.5 Å². The first kappa shape index (κ1) is 24.5. The van der Waals surface area contributed by atoms with Gasteiger partial charge in [-0.25, -0.2) is 17.2 Å². The Morgan fingerprint density at radius 1 is 1.17 bits per heavy atom. The van der Waals surface area contributed by atoms with Crippen LogP contribution in [0.5, 0.6) is 0 Å². The number of aliphatic hydroxyl groups excluding tert-OH is 1. The molecule has 0 saturated heterocycles. The summed E-state index contributed by atoms with van der Waals surface area (Å²) < 4.78 is 51.0. The van der Waals surface area contributed by atoms with E-state index in [-0.39, 0.29) is 18.8 Å². The summed E-state index contributed by atoms with van der Waals surface area (Å²) in [7, 11) is -4.72. The largest absolute Gasteiger partial charge is 0.454 e. The van der Waals surface area contributed by atoms with Gasteiger partial charge in [-0.3, -0.25) is 4.79 Å². The van der Waals surface area contributed by atoms with Crippen molar-refractivity contribution < 1.29 is 37.1 Å². The lowest BCUT2D eigenvalue weighted by Crippen LogP contribution is -2.49. The Balaban J connectivity index is 1.83. The third-order valence-electron chi connectivity index (χ3n) is 6.55. The minimum Gasteiger partial charge on any atom is -0.427 e. The molecule has 2 aliphatic rings. The quantitative estimate of drug-likeness (QED) is 0.415. The molecule has 1 amide bonds. The molecule has 7 nitrogen and oxygen atoms in total. The molecule has 29 heavy (non-hydrogen) atoms. The van der Waals surface area contributed by atoms with Crippen LogP contribution in [0.25, 0.3) is 0 Å². The average molecular weight is 439 g/mol. The number of aliphatic hydroxyl groups is 1. The number of hydrogen-bond donors (Lipinski definition) is 4. The van der Waals surface area contributed by atoms with Crippen LogP contribution in [0.1, 0.15) is 51.4 Å². The molecule has 0 aromatic heterocycles. The number of carbonyl (C=O) groups excluding carboxylic acids is 1. The molecule has 4 unspecified atom stereocenters. The van der Waals surface area contributed by atoms with Gasteiger partial charge in [0.2, 0.25) is 5.91 Å². The Morgan fingerprint density at radius 2 is 1.79 bits per heavy atom. The topological polar surface area (TPSA) is 124 Å². The van der Waals surface area contributed by atoms with Crippen molar-refractivity contribution in [2.24, 2.45) is 11.8 Å². The average Bonchev–Trinajstić information content (AvgIpc) is 2.66. The van der Waals surface area contributed by atoms with Gasteiger partial charge in [0.15, 0.2) is 0 Å². The van der Waals surface area contributed by atoms with E-state index in [4.69, 9.17) is 10.0 Å². The normalized spacial score (nSPS) is 33.0. The van der Waals surface area contributed by atoms with E-state index in [0.717, 1.165) is 0 Å². The molecule has 0 aromatic carbocycles. The molecule has 0 bridgehead atoms. The molecule has 2 aliphatic carbocycles. The highest BCUT2D eigenvalue weighted by Crippen LogP contribution is 2.37. The molecule has 0 aromatic rings. The SMILES string of the molecule is CS(=O)(=O)C1CCC([C@H](O)C(CF)NC(=O)CC2CCC(B(O)O)CC2F)CC1. The Morgan fingerprint density at radius 3 is 2.28 bits per heavy atom. The van der Waals surface area contributed by atoms with Gasteiger partial charge in [0.25, 0.3) is 0 Å². The van der Waals surface area contributed by atoms with E-state index in [9.17, 15) is 27.1 Å². The van der Waals surface area contributed by atoms with Crippen LogP contribution < -0.4 is 5.32 Å². The fourth-order valence-corrected chi connectivity index (χ4v) is 5.74. The highest BCUT2D eigenvalue weighted by molar-refractivity contribution is 7.91. The zero-order valence-electron chi connectivity index (χ0n) is 16.7. The number of rotatable bonds is 8. The first-order chi connectivity index (χ1) is 13.5. The van der Waals surface area contributed by atoms with E-state index in [1.165, 1.54) is 6.26 Å². The highest BCUT2D eigenvalue weighted by atomic mass is 32.2. The van der Waals surface area contributed by atoms with Crippen LogP contribution in [-0.2, 0) is 14.6 Å². The number of carbonyl (C=O) groups is 1. The fourth-order valence-electron chi connectivity index (χ4n) is 4.62. The maximum absolute atomic E-state index is 14.2. The molecule has 2 saturated carbocycles. The molecule has 168 valence electrons. The fraction of sp³-hybridized carbons (Fsp3) is 0.944. The summed E-state index contributed by atoms with van der Waals surface area (Å²) in [5.74, 6) is -1.98. The van der Waals surface area contributed by atoms with Crippen molar-refractivity contribution in [2.45, 2.75) is 80.8 Å². The third-order valence-corrected chi connectivity index (χ3v) is 8.23. The summed E-state index contributed by atoms with van der Waals surface area (Å²) in [6.45, 7) is -0.971. The number of hydrogen-bond acceptors (Lipinski definition) is 6. The standard InChI is InChI=1S/C18H32BF2NO6S/c1-29(27,28)14-6-3-11(4-7-14)18(24)16(10-20)22-17(23)8-12-2-5-13(19(25)26)9-15(12)21/h11-16,18,24-26H,2-10H2,1H3,(H,22,23)/t11?,12?,13?,14?,15?,16?,18-/m0/s1. The summed E-state index contributed by atoms with van der Waals surface area (Å²) in [5, 5.41) is 30.8. The highest BCUT2D eigenvalue weighted by Gasteiger charge is 2.38. The molecule has 11 heteroatoms. The maximum atomic E-state index is 14.2. The Bertz CT molecular complexity index is 644. The van der Waals surface area contributed by atoms with Crippen LogP contribution in [0.15, 0.2) is 0 Å². The number of sulfone groups is 1. The molecule has 5 atom stereocenters. The first-order valence-corrected chi connectivity index (χ1v) is 12.2. The number of amides is 1. The van der Waals surface area contributed by atoms with E-state index < -0.39 is 64.8 Å². The van der Waals surface area contributed by atoms with Crippen LogP contribution in [0.2, 0.25) is 5.82 Å². The lowest BCUT2D eigenvalue weighted by molar-refractivity contribution is -0.125. The summed E-state index contributed by atoms with van der Waals surface area (Å²) >= 11 is 0. The molecule has 0 heterocycles. The van der Waals surface area contributed by atoms with Crippen LogP contribution >= 0.6 is 0 Å². The molecule has 0 aliphatic heterocycles. The Hall–Kier alpha value is -0.775. The van der Waals surface area contributed by atoms with Crippen LogP contribution in [0.4, 0.5) is 8.78 Å². The van der Waals surface area contributed by atoms with Crippen LogP contribution in [0.3, 0.4) is 0 Å². The minimum absolute atomic E-state index is 0.0334. The predicted octanol–water partition coefficient (Wildman–Crippen LogP) is 0.776. The summed E-state index contributed by atoms with van der Waals surface area (Å²) in [6.07, 6.45) is 0.918. The second-order valence-electron chi connectivity index (χ2n) is 8.65. The number of alkyl halides is 2. The van der Waals surface area contributed by atoms with E-state index >= 15 is 0 Å². The van der Waals surface area contributed by atoms with Gasteiger partial charge in [0.1, 0.15) is 22.7 Å². The third kappa shape index (κ3) is 6.87. The maximum Gasteiger partial charge on any atom is 0.454 e. The monoisotopic (exact) mass is 439 g/mol. The van der Waals surface area contributed by atoms with Gasteiger partial charge in [-0.15, -0.1) is 0 Å². The van der Waals surface area contributed by atoms with Gasteiger partial charge in [-0.05, 0) is 56.2 Å². The van der Waals surface area contributed by atoms with Gasteiger partial charge in [0.05, 0.1) is 17.4 Å². The molecule has 2 rings (SSSR count). The zero-order chi connectivity index (χ0) is 21.8. The first-order valence-electron chi connectivity index (χ1n) is 10.2. The lowest BCUT2D eigenvalue weighted by Gasteiger charge is -2.34. The molecule has 0 spiro atoms. The van der Waals surface area contributed by atoms with E-state index in [2.05, 4.69) is 5.32 Å². The Kier molecular flexibility index (Phi) is 8.87. The molecule has 0 radical (unpaired) electrons. The Labute approximate surface area is 171 Å². The van der Waals surface area contributed by atoms with Gasteiger partial charge in [-0.2, -0.15) is 0 Å². The summed E-state index contributed by atoms with van der Waals surface area (Å²) in [5.41, 5.74) is 0. The minimum atomic E-state index is -3.14. The predicted molar refractivity (Wildman–Crippen MR) is 105 cm³/mol. The number of nitrogens with one attached hydrogen (secondary N) is 1. The second-order valence-corrected chi connectivity index (χ2v) is 11.0. The second kappa shape index (κ2) is 10.5. The van der Waals surface area contributed by atoms with Gasteiger partial charge >= 0.3 is 7.12 Å². The molecule has 4 N–H and O–H groups in total.